The first-order valence-electron chi connectivity index (χ1n) is 4.88. The molecule has 14 heavy (non-hydrogen) atoms. The van der Waals surface area contributed by atoms with E-state index >= 15 is 0 Å². The molecule has 3 heterocycles. The third-order valence-corrected chi connectivity index (χ3v) is 2.88. The Kier molecular flexibility index (Phi) is 1.73. The minimum atomic E-state index is -0.750. The molecule has 5 atom stereocenters. The zero-order chi connectivity index (χ0) is 9.92. The van der Waals surface area contributed by atoms with Crippen LogP contribution in [-0.4, -0.2) is 48.2 Å². The molecule has 0 aliphatic carbocycles. The van der Waals surface area contributed by atoms with Gasteiger partial charge in [0.05, 0.1) is 6.61 Å². The van der Waals surface area contributed by atoms with E-state index in [1.165, 1.54) is 0 Å². The predicted molar refractivity (Wildman–Crippen MR) is 44.4 cm³/mol. The second-order valence-electron chi connectivity index (χ2n) is 4.43. The second-order valence-corrected chi connectivity index (χ2v) is 4.43. The zero-order valence-electron chi connectivity index (χ0n) is 8.17. The summed E-state index contributed by atoms with van der Waals surface area (Å²) in [6.45, 7) is 4.15. The molecule has 0 radical (unpaired) electrons. The summed E-state index contributed by atoms with van der Waals surface area (Å²) in [5, 5.41) is 9.84. The molecule has 3 fully saturated rings. The normalized spacial score (nSPS) is 54.6. The van der Waals surface area contributed by atoms with Crippen molar-refractivity contribution >= 4 is 0 Å². The number of rotatable bonds is 0. The molecular weight excluding hydrogens is 188 g/mol. The first-order chi connectivity index (χ1) is 6.57. The predicted octanol–water partition coefficient (Wildman–Crippen LogP) is -0.378. The van der Waals surface area contributed by atoms with Gasteiger partial charge in [-0.2, -0.15) is 0 Å². The summed E-state index contributed by atoms with van der Waals surface area (Å²) in [6.07, 6.45) is -1.93. The van der Waals surface area contributed by atoms with Crippen molar-refractivity contribution in [1.29, 1.82) is 0 Å². The van der Waals surface area contributed by atoms with Gasteiger partial charge in [-0.1, -0.05) is 0 Å². The van der Waals surface area contributed by atoms with Gasteiger partial charge < -0.3 is 24.1 Å². The first-order valence-corrected chi connectivity index (χ1v) is 4.88. The number of aliphatic hydroxyl groups excluding tert-OH is 1. The lowest BCUT2D eigenvalue weighted by Gasteiger charge is -2.31. The third-order valence-electron chi connectivity index (χ3n) is 2.88. The Morgan fingerprint density at radius 1 is 1.21 bits per heavy atom. The number of ether oxygens (including phenoxy) is 4. The van der Waals surface area contributed by atoms with E-state index in [1.807, 2.05) is 13.8 Å². The maximum Gasteiger partial charge on any atom is 0.186 e. The molecule has 0 aromatic heterocycles. The standard InChI is InChI=1S/C9H14O5/c1-9(2)13-6-4-3-11-8(12-4)5(10)7(6)14-9/h4-8,10H,3H2,1-2H3/t4?,5-,6+,7-,8?/m1/s1. The van der Waals surface area contributed by atoms with Crippen LogP contribution >= 0.6 is 0 Å². The van der Waals surface area contributed by atoms with Gasteiger partial charge in [-0.25, -0.2) is 0 Å². The summed E-state index contributed by atoms with van der Waals surface area (Å²) in [6, 6.07) is 0. The lowest BCUT2D eigenvalue weighted by atomic mass is 10.0. The van der Waals surface area contributed by atoms with Gasteiger partial charge in [0.1, 0.15) is 24.4 Å². The summed E-state index contributed by atoms with van der Waals surface area (Å²) >= 11 is 0. The van der Waals surface area contributed by atoms with E-state index in [0.717, 1.165) is 0 Å². The van der Waals surface area contributed by atoms with Crippen LogP contribution in [0.5, 0.6) is 0 Å². The maximum absolute atomic E-state index is 9.84. The van der Waals surface area contributed by atoms with E-state index < -0.39 is 18.2 Å². The molecule has 80 valence electrons. The highest BCUT2D eigenvalue weighted by Crippen LogP contribution is 2.40. The third kappa shape index (κ3) is 1.14. The maximum atomic E-state index is 9.84. The van der Waals surface area contributed by atoms with Gasteiger partial charge in [0, 0.05) is 0 Å². The van der Waals surface area contributed by atoms with E-state index in [2.05, 4.69) is 0 Å². The fourth-order valence-corrected chi connectivity index (χ4v) is 2.32. The molecule has 0 spiro atoms. The Morgan fingerprint density at radius 3 is 2.71 bits per heavy atom. The quantitative estimate of drug-likeness (QED) is 0.580. The molecule has 3 rings (SSSR count). The molecule has 1 N–H and O–H groups in total. The summed E-state index contributed by atoms with van der Waals surface area (Å²) in [4.78, 5) is 0. The lowest BCUT2D eigenvalue weighted by molar-refractivity contribution is -0.204. The van der Waals surface area contributed by atoms with Gasteiger partial charge in [0.25, 0.3) is 0 Å². The molecule has 5 heteroatoms. The number of aliphatic hydroxyl groups is 1. The Morgan fingerprint density at radius 2 is 1.93 bits per heavy atom. The molecule has 3 aliphatic heterocycles. The summed E-state index contributed by atoms with van der Waals surface area (Å²) < 4.78 is 22.0. The number of hydrogen-bond acceptors (Lipinski definition) is 5. The Balaban J connectivity index is 1.88. The number of hydrogen-bond donors (Lipinski definition) is 1. The summed E-state index contributed by atoms with van der Waals surface area (Å²) in [5.74, 6) is -0.635. The minimum Gasteiger partial charge on any atom is -0.385 e. The molecule has 5 nitrogen and oxygen atoms in total. The van der Waals surface area contributed by atoms with Crippen LogP contribution in [-0.2, 0) is 18.9 Å². The largest absolute Gasteiger partial charge is 0.385 e. The van der Waals surface area contributed by atoms with Crippen LogP contribution < -0.4 is 0 Å². The van der Waals surface area contributed by atoms with Crippen LogP contribution in [0.1, 0.15) is 13.8 Å². The molecule has 3 saturated heterocycles. The van der Waals surface area contributed by atoms with Crippen molar-refractivity contribution in [2.24, 2.45) is 0 Å². The molecule has 0 amide bonds. The van der Waals surface area contributed by atoms with Crippen LogP contribution in [0.3, 0.4) is 0 Å². The molecule has 0 saturated carbocycles. The Bertz CT molecular complexity index is 246. The Labute approximate surface area is 81.9 Å². The smallest absolute Gasteiger partial charge is 0.186 e. The van der Waals surface area contributed by atoms with Crippen molar-refractivity contribution in [1.82, 2.24) is 0 Å². The van der Waals surface area contributed by atoms with Crippen molar-refractivity contribution in [3.05, 3.63) is 0 Å². The van der Waals surface area contributed by atoms with Gasteiger partial charge in [-0.3, -0.25) is 0 Å². The van der Waals surface area contributed by atoms with Crippen molar-refractivity contribution in [2.75, 3.05) is 6.61 Å². The highest BCUT2D eigenvalue weighted by molar-refractivity contribution is 4.99. The fourth-order valence-electron chi connectivity index (χ4n) is 2.32. The van der Waals surface area contributed by atoms with E-state index in [9.17, 15) is 5.11 Å². The van der Waals surface area contributed by atoms with E-state index in [-0.39, 0.29) is 18.3 Å². The average molecular weight is 202 g/mol. The van der Waals surface area contributed by atoms with Gasteiger partial charge in [0.15, 0.2) is 12.1 Å². The second kappa shape index (κ2) is 2.68. The fraction of sp³-hybridized carbons (Fsp3) is 1.00. The minimum absolute atomic E-state index is 0.102. The van der Waals surface area contributed by atoms with Crippen LogP contribution in [0.4, 0.5) is 0 Å². The van der Waals surface area contributed by atoms with Crippen molar-refractivity contribution in [3.63, 3.8) is 0 Å². The van der Waals surface area contributed by atoms with Crippen LogP contribution in [0.15, 0.2) is 0 Å². The SMILES string of the molecule is CC1(C)O[C@@H]2[C@@H](O)C3OCC(O3)[C@@H]2O1. The molecule has 2 bridgehead atoms. The molecule has 2 unspecified atom stereocenters. The van der Waals surface area contributed by atoms with Gasteiger partial charge in [-0.15, -0.1) is 0 Å². The van der Waals surface area contributed by atoms with Gasteiger partial charge in [-0.05, 0) is 13.8 Å². The highest BCUT2D eigenvalue weighted by Gasteiger charge is 2.57. The summed E-state index contributed by atoms with van der Waals surface area (Å²) in [7, 11) is 0. The van der Waals surface area contributed by atoms with E-state index in [0.29, 0.717) is 6.61 Å². The van der Waals surface area contributed by atoms with Crippen molar-refractivity contribution in [2.45, 2.75) is 50.3 Å². The van der Waals surface area contributed by atoms with Crippen LogP contribution in [0.25, 0.3) is 0 Å². The van der Waals surface area contributed by atoms with Crippen molar-refractivity contribution < 1.29 is 24.1 Å². The van der Waals surface area contributed by atoms with Gasteiger partial charge in [0.2, 0.25) is 0 Å². The van der Waals surface area contributed by atoms with E-state index in [4.69, 9.17) is 18.9 Å². The molecular formula is C9H14O5. The van der Waals surface area contributed by atoms with E-state index in [1.54, 1.807) is 0 Å². The highest BCUT2D eigenvalue weighted by atomic mass is 16.8. The van der Waals surface area contributed by atoms with Crippen LogP contribution in [0, 0.1) is 0 Å². The van der Waals surface area contributed by atoms with Gasteiger partial charge >= 0.3 is 0 Å². The summed E-state index contributed by atoms with van der Waals surface area (Å²) in [5.41, 5.74) is 0. The average Bonchev–Trinajstić information content (AvgIpc) is 2.64. The molecule has 3 aliphatic rings. The number of fused-ring (bicyclic) bond motifs is 4. The topological polar surface area (TPSA) is 57.2 Å². The lowest BCUT2D eigenvalue weighted by Crippen LogP contribution is -2.52. The van der Waals surface area contributed by atoms with Crippen LogP contribution in [0.2, 0.25) is 0 Å². The monoisotopic (exact) mass is 202 g/mol. The zero-order valence-corrected chi connectivity index (χ0v) is 8.17. The molecule has 0 aromatic carbocycles. The first kappa shape index (κ1) is 9.06. The Hall–Kier alpha value is -0.200. The van der Waals surface area contributed by atoms with Crippen molar-refractivity contribution in [3.8, 4) is 0 Å². The molecule has 0 aromatic rings.